The zero-order valence-electron chi connectivity index (χ0n) is 16.1. The first kappa shape index (κ1) is 17.4. The topological polar surface area (TPSA) is 77.2 Å². The Kier molecular flexibility index (Phi) is 4.24. The summed E-state index contributed by atoms with van der Waals surface area (Å²) >= 11 is 0. The van der Waals surface area contributed by atoms with Crippen molar-refractivity contribution in [3.63, 3.8) is 0 Å². The second kappa shape index (κ2) is 7.05. The maximum atomic E-state index is 6.29. The molecule has 1 fully saturated rings. The van der Waals surface area contributed by atoms with Gasteiger partial charge in [-0.15, -0.1) is 0 Å². The molecule has 0 aliphatic carbocycles. The predicted molar refractivity (Wildman–Crippen MR) is 115 cm³/mol. The lowest BCUT2D eigenvalue weighted by atomic mass is 9.92. The molecule has 0 spiro atoms. The number of hydrogen-bond donors (Lipinski definition) is 1. The SMILES string of the molecule is COc1cccc(-c2nccnc2C2CN(c3nc4ccccc4cc3N)C2)c1. The summed E-state index contributed by atoms with van der Waals surface area (Å²) in [5, 5.41) is 1.06. The molecule has 1 saturated heterocycles. The van der Waals surface area contributed by atoms with Gasteiger partial charge in [0.05, 0.1) is 29.7 Å². The van der Waals surface area contributed by atoms with Crippen molar-refractivity contribution in [1.82, 2.24) is 15.0 Å². The van der Waals surface area contributed by atoms with Crippen LogP contribution in [0, 0.1) is 0 Å². The van der Waals surface area contributed by atoms with E-state index in [0.29, 0.717) is 5.69 Å². The predicted octanol–water partition coefficient (Wildman–Crippen LogP) is 3.89. The molecule has 2 aromatic heterocycles. The molecule has 0 radical (unpaired) electrons. The van der Waals surface area contributed by atoms with E-state index in [9.17, 15) is 0 Å². The van der Waals surface area contributed by atoms with Gasteiger partial charge in [0.25, 0.3) is 0 Å². The number of rotatable bonds is 4. The van der Waals surface area contributed by atoms with Gasteiger partial charge in [-0.05, 0) is 24.3 Å². The first-order valence-corrected chi connectivity index (χ1v) is 9.58. The van der Waals surface area contributed by atoms with Crippen LogP contribution in [0.2, 0.25) is 0 Å². The number of nitrogens with two attached hydrogens (primary N) is 1. The highest BCUT2D eigenvalue weighted by Crippen LogP contribution is 2.37. The Bertz CT molecular complexity index is 1190. The van der Waals surface area contributed by atoms with E-state index in [0.717, 1.165) is 52.5 Å². The van der Waals surface area contributed by atoms with Gasteiger partial charge in [0.1, 0.15) is 5.75 Å². The lowest BCUT2D eigenvalue weighted by Crippen LogP contribution is -2.46. The van der Waals surface area contributed by atoms with Crippen LogP contribution < -0.4 is 15.4 Å². The van der Waals surface area contributed by atoms with Crippen LogP contribution >= 0.6 is 0 Å². The highest BCUT2D eigenvalue weighted by molar-refractivity contribution is 5.86. The van der Waals surface area contributed by atoms with E-state index < -0.39 is 0 Å². The van der Waals surface area contributed by atoms with Crippen LogP contribution in [0.4, 0.5) is 11.5 Å². The Labute approximate surface area is 169 Å². The molecule has 0 bridgehead atoms. The number of para-hydroxylation sites is 1. The number of benzene rings is 2. The molecule has 1 aliphatic heterocycles. The van der Waals surface area contributed by atoms with Crippen LogP contribution in [0.25, 0.3) is 22.2 Å². The van der Waals surface area contributed by atoms with Crippen molar-refractivity contribution < 1.29 is 4.74 Å². The highest BCUT2D eigenvalue weighted by atomic mass is 16.5. The third-order valence-corrected chi connectivity index (χ3v) is 5.37. The van der Waals surface area contributed by atoms with Crippen LogP contribution in [-0.4, -0.2) is 35.2 Å². The third-order valence-electron chi connectivity index (χ3n) is 5.37. The van der Waals surface area contributed by atoms with E-state index in [1.54, 1.807) is 19.5 Å². The molecule has 3 heterocycles. The average Bonchev–Trinajstić information content (AvgIpc) is 2.73. The summed E-state index contributed by atoms with van der Waals surface area (Å²) < 4.78 is 5.36. The molecule has 0 atom stereocenters. The molecule has 144 valence electrons. The van der Waals surface area contributed by atoms with Crippen molar-refractivity contribution in [2.45, 2.75) is 5.92 Å². The minimum absolute atomic E-state index is 0.276. The maximum Gasteiger partial charge on any atom is 0.152 e. The average molecular weight is 383 g/mol. The number of nitrogens with zero attached hydrogens (tertiary/aromatic N) is 4. The van der Waals surface area contributed by atoms with Gasteiger partial charge in [-0.1, -0.05) is 30.3 Å². The van der Waals surface area contributed by atoms with E-state index in [1.165, 1.54) is 0 Å². The quantitative estimate of drug-likeness (QED) is 0.576. The second-order valence-corrected chi connectivity index (χ2v) is 7.22. The van der Waals surface area contributed by atoms with Crippen LogP contribution in [0.5, 0.6) is 5.75 Å². The highest BCUT2D eigenvalue weighted by Gasteiger charge is 2.33. The summed E-state index contributed by atoms with van der Waals surface area (Å²) in [6.07, 6.45) is 3.49. The van der Waals surface area contributed by atoms with Gasteiger partial charge in [0.2, 0.25) is 0 Å². The fraction of sp³-hybridized carbons (Fsp3) is 0.174. The molecule has 4 aromatic rings. The van der Waals surface area contributed by atoms with Crippen LogP contribution in [0.1, 0.15) is 11.6 Å². The molecular formula is C23H21N5O. The van der Waals surface area contributed by atoms with Gasteiger partial charge in [0, 0.05) is 42.4 Å². The van der Waals surface area contributed by atoms with Crippen molar-refractivity contribution in [2.75, 3.05) is 30.8 Å². The smallest absolute Gasteiger partial charge is 0.152 e. The minimum Gasteiger partial charge on any atom is -0.497 e. The van der Waals surface area contributed by atoms with E-state index in [-0.39, 0.29) is 5.92 Å². The lowest BCUT2D eigenvalue weighted by molar-refractivity contribution is 0.415. The number of anilines is 2. The van der Waals surface area contributed by atoms with Crippen molar-refractivity contribution in [2.24, 2.45) is 0 Å². The summed E-state index contributed by atoms with van der Waals surface area (Å²) in [5.41, 5.74) is 10.9. The number of aromatic nitrogens is 3. The van der Waals surface area contributed by atoms with Gasteiger partial charge in [0.15, 0.2) is 5.82 Å². The van der Waals surface area contributed by atoms with E-state index >= 15 is 0 Å². The lowest BCUT2D eigenvalue weighted by Gasteiger charge is -2.40. The Morgan fingerprint density at radius 2 is 1.83 bits per heavy atom. The van der Waals surface area contributed by atoms with Crippen molar-refractivity contribution in [3.8, 4) is 17.0 Å². The number of fused-ring (bicyclic) bond motifs is 1. The normalized spacial score (nSPS) is 14.0. The van der Waals surface area contributed by atoms with E-state index in [2.05, 4.69) is 14.9 Å². The monoisotopic (exact) mass is 383 g/mol. The van der Waals surface area contributed by atoms with Gasteiger partial charge in [-0.2, -0.15) is 0 Å². The molecule has 5 rings (SSSR count). The number of nitrogen functional groups attached to an aromatic ring is 1. The zero-order valence-corrected chi connectivity index (χ0v) is 16.1. The Hall–Kier alpha value is -3.67. The van der Waals surface area contributed by atoms with Crippen molar-refractivity contribution in [1.29, 1.82) is 0 Å². The molecule has 1 aliphatic rings. The Morgan fingerprint density at radius 1 is 1.00 bits per heavy atom. The largest absolute Gasteiger partial charge is 0.497 e. The summed E-state index contributed by atoms with van der Waals surface area (Å²) in [7, 11) is 1.67. The van der Waals surface area contributed by atoms with Gasteiger partial charge in [-0.3, -0.25) is 9.97 Å². The summed E-state index contributed by atoms with van der Waals surface area (Å²) in [6.45, 7) is 1.62. The van der Waals surface area contributed by atoms with Gasteiger partial charge in [-0.25, -0.2) is 4.98 Å². The van der Waals surface area contributed by atoms with Crippen LogP contribution in [-0.2, 0) is 0 Å². The van der Waals surface area contributed by atoms with E-state index in [1.807, 2.05) is 54.6 Å². The number of pyridine rings is 1. The van der Waals surface area contributed by atoms with Crippen LogP contribution in [0.15, 0.2) is 67.0 Å². The molecule has 2 aromatic carbocycles. The van der Waals surface area contributed by atoms with E-state index in [4.69, 9.17) is 15.5 Å². The molecule has 0 unspecified atom stereocenters. The first-order valence-electron chi connectivity index (χ1n) is 9.58. The Morgan fingerprint density at radius 3 is 2.69 bits per heavy atom. The minimum atomic E-state index is 0.276. The third kappa shape index (κ3) is 3.12. The molecule has 0 amide bonds. The summed E-state index contributed by atoms with van der Waals surface area (Å²) in [6, 6.07) is 18.0. The number of methoxy groups -OCH3 is 1. The molecular weight excluding hydrogens is 362 g/mol. The fourth-order valence-electron chi connectivity index (χ4n) is 3.84. The molecule has 6 heteroatoms. The zero-order chi connectivity index (χ0) is 19.8. The second-order valence-electron chi connectivity index (χ2n) is 7.22. The fourth-order valence-corrected chi connectivity index (χ4v) is 3.84. The standard InChI is InChI=1S/C23H21N5O/c1-29-18-7-4-6-16(11-18)21-22(26-10-9-25-21)17-13-28(14-17)23-19(24)12-15-5-2-3-8-20(15)27-23/h2-12,17H,13-14,24H2,1H3. The molecule has 0 saturated carbocycles. The van der Waals surface area contributed by atoms with Crippen LogP contribution in [0.3, 0.4) is 0 Å². The van der Waals surface area contributed by atoms with Crippen molar-refractivity contribution in [3.05, 3.63) is 72.7 Å². The van der Waals surface area contributed by atoms with Gasteiger partial charge >= 0.3 is 0 Å². The molecule has 29 heavy (non-hydrogen) atoms. The van der Waals surface area contributed by atoms with Gasteiger partial charge < -0.3 is 15.4 Å². The van der Waals surface area contributed by atoms with Crippen molar-refractivity contribution >= 4 is 22.4 Å². The number of hydrogen-bond acceptors (Lipinski definition) is 6. The molecule has 6 nitrogen and oxygen atoms in total. The first-order chi connectivity index (χ1) is 14.2. The number of ether oxygens (including phenoxy) is 1. The maximum absolute atomic E-state index is 6.29. The Balaban J connectivity index is 1.42. The summed E-state index contributed by atoms with van der Waals surface area (Å²) in [5.74, 6) is 1.92. The molecule has 2 N–H and O–H groups in total. The summed E-state index contributed by atoms with van der Waals surface area (Å²) in [4.78, 5) is 16.2.